The summed E-state index contributed by atoms with van der Waals surface area (Å²) in [7, 11) is 2.23. The lowest BCUT2D eigenvalue weighted by Crippen LogP contribution is -2.54. The average Bonchev–Trinajstić information content (AvgIpc) is 2.29. The molecular weight excluding hydrogens is 124 g/mol. The number of fused-ring (bicyclic) bond motifs is 2. The number of rotatable bonds is 0. The predicted molar refractivity (Wildman–Crippen MR) is 42.0 cm³/mol. The van der Waals surface area contributed by atoms with E-state index in [1.165, 1.54) is 19.4 Å². The predicted octanol–water partition coefficient (Wildman–Crippen LogP) is 0.441. The van der Waals surface area contributed by atoms with Gasteiger partial charge in [0.1, 0.15) is 0 Å². The Morgan fingerprint density at radius 3 is 3.00 bits per heavy atom. The lowest BCUT2D eigenvalue weighted by molar-refractivity contribution is 0.165. The Hall–Kier alpha value is -0.0800. The van der Waals surface area contributed by atoms with Crippen molar-refractivity contribution in [3.8, 4) is 0 Å². The van der Waals surface area contributed by atoms with Crippen LogP contribution in [-0.4, -0.2) is 36.6 Å². The molecule has 2 saturated heterocycles. The van der Waals surface area contributed by atoms with Crippen LogP contribution in [0.3, 0.4) is 0 Å². The van der Waals surface area contributed by atoms with Gasteiger partial charge in [-0.15, -0.1) is 0 Å². The van der Waals surface area contributed by atoms with Crippen molar-refractivity contribution in [3.05, 3.63) is 0 Å². The Labute approximate surface area is 62.6 Å². The number of nitrogens with zero attached hydrogens (tertiary/aromatic N) is 1. The van der Waals surface area contributed by atoms with Crippen molar-refractivity contribution in [1.82, 2.24) is 10.2 Å². The Kier molecular flexibility index (Phi) is 1.46. The minimum atomic E-state index is 0.749. The topological polar surface area (TPSA) is 15.3 Å². The molecule has 0 radical (unpaired) electrons. The highest BCUT2D eigenvalue weighted by molar-refractivity contribution is 4.96. The van der Waals surface area contributed by atoms with Crippen molar-refractivity contribution in [2.24, 2.45) is 0 Å². The monoisotopic (exact) mass is 140 g/mol. The molecule has 2 nitrogen and oxygen atoms in total. The Morgan fingerprint density at radius 1 is 1.40 bits per heavy atom. The summed E-state index contributed by atoms with van der Waals surface area (Å²) in [6.45, 7) is 3.57. The molecule has 0 aliphatic carbocycles. The largest absolute Gasteiger partial charge is 0.308 e. The zero-order valence-corrected chi connectivity index (χ0v) is 6.80. The van der Waals surface area contributed by atoms with Gasteiger partial charge >= 0.3 is 0 Å². The molecule has 0 aromatic carbocycles. The first-order valence-corrected chi connectivity index (χ1v) is 4.23. The van der Waals surface area contributed by atoms with Gasteiger partial charge in [-0.2, -0.15) is 0 Å². The number of piperazine rings is 1. The first-order valence-electron chi connectivity index (χ1n) is 4.23. The maximum atomic E-state index is 3.63. The van der Waals surface area contributed by atoms with E-state index in [2.05, 4.69) is 24.2 Å². The lowest BCUT2D eigenvalue weighted by Gasteiger charge is -2.36. The number of hydrogen-bond acceptors (Lipinski definition) is 2. The molecule has 0 aromatic heterocycles. The molecule has 2 bridgehead atoms. The standard InChI is InChI=1S/C8H16N2/c1-6-8-4-3-7(9-8)5-10(6)2/h6-9H,3-5H2,1-2H3/t6-,7-,8+/m0/s1. The highest BCUT2D eigenvalue weighted by Crippen LogP contribution is 2.23. The SMILES string of the molecule is C[C@H]1[C@H]2CC[C@@H](CN1C)N2. The van der Waals surface area contributed by atoms with E-state index >= 15 is 0 Å². The van der Waals surface area contributed by atoms with Gasteiger partial charge in [-0.3, -0.25) is 0 Å². The van der Waals surface area contributed by atoms with Crippen LogP contribution in [0.1, 0.15) is 19.8 Å². The van der Waals surface area contributed by atoms with Crippen LogP contribution in [0.2, 0.25) is 0 Å². The first-order chi connectivity index (χ1) is 4.77. The second-order valence-electron chi connectivity index (χ2n) is 3.73. The normalized spacial score (nSPS) is 48.0. The highest BCUT2D eigenvalue weighted by atomic mass is 15.2. The van der Waals surface area contributed by atoms with Crippen molar-refractivity contribution in [2.45, 2.75) is 37.9 Å². The van der Waals surface area contributed by atoms with Crippen LogP contribution in [0.4, 0.5) is 0 Å². The second-order valence-corrected chi connectivity index (χ2v) is 3.73. The van der Waals surface area contributed by atoms with E-state index < -0.39 is 0 Å². The zero-order valence-electron chi connectivity index (χ0n) is 6.80. The fourth-order valence-electron chi connectivity index (χ4n) is 2.20. The number of hydrogen-bond donors (Lipinski definition) is 1. The highest BCUT2D eigenvalue weighted by Gasteiger charge is 2.35. The van der Waals surface area contributed by atoms with Gasteiger partial charge in [-0.1, -0.05) is 0 Å². The summed E-state index contributed by atoms with van der Waals surface area (Å²) in [5.74, 6) is 0. The second kappa shape index (κ2) is 2.21. The van der Waals surface area contributed by atoms with Crippen LogP contribution in [-0.2, 0) is 0 Å². The van der Waals surface area contributed by atoms with Gasteiger partial charge in [0.15, 0.2) is 0 Å². The minimum Gasteiger partial charge on any atom is -0.308 e. The van der Waals surface area contributed by atoms with Crippen molar-refractivity contribution in [2.75, 3.05) is 13.6 Å². The molecule has 2 aliphatic rings. The molecule has 2 heterocycles. The Bertz CT molecular complexity index is 135. The van der Waals surface area contributed by atoms with Crippen LogP contribution in [0.5, 0.6) is 0 Å². The summed E-state index contributed by atoms with van der Waals surface area (Å²) >= 11 is 0. The van der Waals surface area contributed by atoms with Crippen LogP contribution in [0.25, 0.3) is 0 Å². The molecule has 2 fully saturated rings. The summed E-state index contributed by atoms with van der Waals surface area (Å²) in [4.78, 5) is 2.47. The summed E-state index contributed by atoms with van der Waals surface area (Å²) in [5.41, 5.74) is 0. The number of likely N-dealkylation sites (tertiary alicyclic amines) is 1. The molecule has 3 atom stereocenters. The van der Waals surface area contributed by atoms with E-state index in [9.17, 15) is 0 Å². The third-order valence-electron chi connectivity index (χ3n) is 3.06. The van der Waals surface area contributed by atoms with Crippen molar-refractivity contribution in [1.29, 1.82) is 0 Å². The molecule has 0 aromatic rings. The Balaban J connectivity index is 2.09. The van der Waals surface area contributed by atoms with Crippen molar-refractivity contribution >= 4 is 0 Å². The zero-order chi connectivity index (χ0) is 7.14. The fraction of sp³-hybridized carbons (Fsp3) is 1.00. The number of likely N-dealkylation sites (N-methyl/N-ethyl adjacent to an activating group) is 1. The molecule has 10 heavy (non-hydrogen) atoms. The lowest BCUT2D eigenvalue weighted by atomic mass is 10.1. The maximum Gasteiger partial charge on any atom is 0.0224 e. The van der Waals surface area contributed by atoms with E-state index in [1.54, 1.807) is 0 Å². The molecule has 0 spiro atoms. The third kappa shape index (κ3) is 0.867. The quantitative estimate of drug-likeness (QED) is 0.525. The van der Waals surface area contributed by atoms with Crippen molar-refractivity contribution in [3.63, 3.8) is 0 Å². The molecule has 1 N–H and O–H groups in total. The maximum absolute atomic E-state index is 3.63. The molecule has 58 valence electrons. The minimum absolute atomic E-state index is 0.749. The smallest absolute Gasteiger partial charge is 0.0224 e. The molecule has 2 heteroatoms. The summed E-state index contributed by atoms with van der Waals surface area (Å²) in [6, 6.07) is 2.33. The third-order valence-corrected chi connectivity index (χ3v) is 3.06. The van der Waals surface area contributed by atoms with Crippen LogP contribution < -0.4 is 5.32 Å². The van der Waals surface area contributed by atoms with Crippen molar-refractivity contribution < 1.29 is 0 Å². The van der Waals surface area contributed by atoms with Gasteiger partial charge in [0, 0.05) is 24.7 Å². The Morgan fingerprint density at radius 2 is 2.20 bits per heavy atom. The first kappa shape index (κ1) is 6.62. The van der Waals surface area contributed by atoms with Crippen LogP contribution >= 0.6 is 0 Å². The van der Waals surface area contributed by atoms with Gasteiger partial charge in [-0.05, 0) is 26.8 Å². The van der Waals surface area contributed by atoms with E-state index in [0.29, 0.717) is 0 Å². The van der Waals surface area contributed by atoms with E-state index in [1.807, 2.05) is 0 Å². The van der Waals surface area contributed by atoms with E-state index in [0.717, 1.165) is 18.1 Å². The summed E-state index contributed by atoms with van der Waals surface area (Å²) in [5, 5.41) is 3.63. The van der Waals surface area contributed by atoms with Crippen LogP contribution in [0, 0.1) is 0 Å². The van der Waals surface area contributed by atoms with Gasteiger partial charge in [0.05, 0.1) is 0 Å². The average molecular weight is 140 g/mol. The van der Waals surface area contributed by atoms with Gasteiger partial charge < -0.3 is 10.2 Å². The summed E-state index contributed by atoms with van der Waals surface area (Å²) < 4.78 is 0. The van der Waals surface area contributed by atoms with Gasteiger partial charge in [0.25, 0.3) is 0 Å². The summed E-state index contributed by atoms with van der Waals surface area (Å²) in [6.07, 6.45) is 2.77. The van der Waals surface area contributed by atoms with Gasteiger partial charge in [-0.25, -0.2) is 0 Å². The van der Waals surface area contributed by atoms with Gasteiger partial charge in [0.2, 0.25) is 0 Å². The molecule has 0 amide bonds. The number of nitrogens with one attached hydrogen (secondary N) is 1. The van der Waals surface area contributed by atoms with E-state index in [4.69, 9.17) is 0 Å². The molecule has 0 saturated carbocycles. The fourth-order valence-corrected chi connectivity index (χ4v) is 2.20. The van der Waals surface area contributed by atoms with E-state index in [-0.39, 0.29) is 0 Å². The molecular formula is C8H16N2. The van der Waals surface area contributed by atoms with Crippen LogP contribution in [0.15, 0.2) is 0 Å². The molecule has 0 unspecified atom stereocenters. The molecule has 2 rings (SSSR count). The molecule has 2 aliphatic heterocycles.